The standard InChI is InChI=1S/C12H19NO2/c1-4-14-11-7-6-10(9(3)13)8-12(11)15-5-2/h6-9H,4-5,13H2,1-3H3/p+1/t9-/m0/s1. The molecule has 0 saturated carbocycles. The number of hydrogen-bond donors (Lipinski definition) is 1. The molecule has 0 heterocycles. The summed E-state index contributed by atoms with van der Waals surface area (Å²) >= 11 is 0. The molecule has 84 valence electrons. The molecule has 1 aromatic rings. The van der Waals surface area contributed by atoms with Crippen LogP contribution in [0.5, 0.6) is 11.5 Å². The van der Waals surface area contributed by atoms with E-state index in [0.717, 1.165) is 11.5 Å². The summed E-state index contributed by atoms with van der Waals surface area (Å²) in [5.41, 5.74) is 5.16. The predicted molar refractivity (Wildman–Crippen MR) is 60.1 cm³/mol. The van der Waals surface area contributed by atoms with Crippen LogP contribution in [0.1, 0.15) is 32.4 Å². The van der Waals surface area contributed by atoms with Gasteiger partial charge in [-0.2, -0.15) is 0 Å². The summed E-state index contributed by atoms with van der Waals surface area (Å²) in [6.07, 6.45) is 0. The highest BCUT2D eigenvalue weighted by Crippen LogP contribution is 2.29. The minimum Gasteiger partial charge on any atom is -0.490 e. The largest absolute Gasteiger partial charge is 0.490 e. The van der Waals surface area contributed by atoms with Crippen LogP contribution in [0.15, 0.2) is 18.2 Å². The summed E-state index contributed by atoms with van der Waals surface area (Å²) in [4.78, 5) is 0. The third-order valence-corrected chi connectivity index (χ3v) is 2.14. The van der Waals surface area contributed by atoms with E-state index in [1.165, 1.54) is 5.56 Å². The predicted octanol–water partition coefficient (Wildman–Crippen LogP) is 1.79. The maximum absolute atomic E-state index is 5.53. The van der Waals surface area contributed by atoms with Gasteiger partial charge in [0.15, 0.2) is 11.5 Å². The molecule has 1 atom stereocenters. The summed E-state index contributed by atoms with van der Waals surface area (Å²) in [6.45, 7) is 7.30. The average molecular weight is 210 g/mol. The summed E-state index contributed by atoms with van der Waals surface area (Å²) in [5.74, 6) is 1.62. The fourth-order valence-electron chi connectivity index (χ4n) is 1.37. The van der Waals surface area contributed by atoms with Crippen molar-refractivity contribution in [3.8, 4) is 11.5 Å². The first-order valence-corrected chi connectivity index (χ1v) is 5.41. The van der Waals surface area contributed by atoms with E-state index in [4.69, 9.17) is 9.47 Å². The highest BCUT2D eigenvalue weighted by Gasteiger charge is 2.09. The van der Waals surface area contributed by atoms with Gasteiger partial charge in [0.1, 0.15) is 6.04 Å². The Hall–Kier alpha value is -1.22. The number of quaternary nitrogens is 1. The summed E-state index contributed by atoms with van der Waals surface area (Å²) in [5, 5.41) is 0. The van der Waals surface area contributed by atoms with Gasteiger partial charge in [0.05, 0.1) is 13.2 Å². The topological polar surface area (TPSA) is 46.1 Å². The monoisotopic (exact) mass is 210 g/mol. The maximum Gasteiger partial charge on any atom is 0.161 e. The summed E-state index contributed by atoms with van der Waals surface area (Å²) in [7, 11) is 0. The lowest BCUT2D eigenvalue weighted by atomic mass is 10.1. The Kier molecular flexibility index (Phi) is 4.43. The second-order valence-electron chi connectivity index (χ2n) is 3.47. The van der Waals surface area contributed by atoms with Crippen LogP contribution < -0.4 is 15.2 Å². The van der Waals surface area contributed by atoms with E-state index in [1.807, 2.05) is 32.0 Å². The van der Waals surface area contributed by atoms with Gasteiger partial charge < -0.3 is 15.2 Å². The van der Waals surface area contributed by atoms with Gasteiger partial charge >= 0.3 is 0 Å². The maximum atomic E-state index is 5.53. The molecule has 0 saturated heterocycles. The molecular weight excluding hydrogens is 190 g/mol. The third kappa shape index (κ3) is 3.13. The molecule has 3 N–H and O–H groups in total. The lowest BCUT2D eigenvalue weighted by Gasteiger charge is -2.12. The Bertz CT molecular complexity index is 310. The van der Waals surface area contributed by atoms with Crippen molar-refractivity contribution in [2.45, 2.75) is 26.8 Å². The van der Waals surface area contributed by atoms with Gasteiger partial charge in [-0.15, -0.1) is 0 Å². The van der Waals surface area contributed by atoms with E-state index >= 15 is 0 Å². The summed E-state index contributed by atoms with van der Waals surface area (Å²) in [6, 6.07) is 6.25. The zero-order chi connectivity index (χ0) is 11.3. The molecule has 0 fully saturated rings. The molecular formula is C12H20NO2+. The lowest BCUT2D eigenvalue weighted by Crippen LogP contribution is -2.51. The summed E-state index contributed by atoms with van der Waals surface area (Å²) < 4.78 is 11.0. The SMILES string of the molecule is CCOc1ccc([C@H](C)[NH3+])cc1OCC. The molecule has 0 bridgehead atoms. The molecule has 0 aliphatic rings. The van der Waals surface area contributed by atoms with Crippen molar-refractivity contribution in [1.82, 2.24) is 0 Å². The zero-order valence-electron chi connectivity index (χ0n) is 9.75. The minimum atomic E-state index is 0.264. The molecule has 0 aliphatic carbocycles. The molecule has 1 aromatic carbocycles. The second kappa shape index (κ2) is 5.61. The molecule has 0 amide bonds. The number of benzene rings is 1. The molecule has 15 heavy (non-hydrogen) atoms. The zero-order valence-corrected chi connectivity index (χ0v) is 9.75. The van der Waals surface area contributed by atoms with Crippen molar-refractivity contribution in [3.63, 3.8) is 0 Å². The highest BCUT2D eigenvalue weighted by molar-refractivity contribution is 5.43. The van der Waals surface area contributed by atoms with Gasteiger partial charge in [0, 0.05) is 5.56 Å². The highest BCUT2D eigenvalue weighted by atomic mass is 16.5. The Labute approximate surface area is 91.2 Å². The Morgan fingerprint density at radius 1 is 1.13 bits per heavy atom. The molecule has 3 nitrogen and oxygen atoms in total. The Balaban J connectivity index is 2.97. The van der Waals surface area contributed by atoms with Gasteiger partial charge in [-0.25, -0.2) is 0 Å². The molecule has 0 spiro atoms. The van der Waals surface area contributed by atoms with Gasteiger partial charge in [0.25, 0.3) is 0 Å². The molecule has 3 heteroatoms. The van der Waals surface area contributed by atoms with E-state index in [0.29, 0.717) is 13.2 Å². The van der Waals surface area contributed by atoms with Crippen molar-refractivity contribution in [2.24, 2.45) is 0 Å². The third-order valence-electron chi connectivity index (χ3n) is 2.14. The molecule has 0 aromatic heterocycles. The number of rotatable bonds is 5. The van der Waals surface area contributed by atoms with Crippen LogP contribution in [-0.2, 0) is 0 Å². The first-order valence-electron chi connectivity index (χ1n) is 5.41. The van der Waals surface area contributed by atoms with Crippen LogP contribution in [-0.4, -0.2) is 13.2 Å². The molecule has 0 unspecified atom stereocenters. The number of ether oxygens (including phenoxy) is 2. The van der Waals surface area contributed by atoms with Gasteiger partial charge in [-0.3, -0.25) is 0 Å². The second-order valence-corrected chi connectivity index (χ2v) is 3.47. The van der Waals surface area contributed by atoms with Crippen molar-refractivity contribution in [3.05, 3.63) is 23.8 Å². The average Bonchev–Trinajstić information content (AvgIpc) is 2.21. The number of hydrogen-bond acceptors (Lipinski definition) is 2. The quantitative estimate of drug-likeness (QED) is 0.805. The lowest BCUT2D eigenvalue weighted by molar-refractivity contribution is -0.420. The minimum absolute atomic E-state index is 0.264. The van der Waals surface area contributed by atoms with E-state index in [1.54, 1.807) is 0 Å². The van der Waals surface area contributed by atoms with Gasteiger partial charge in [0.2, 0.25) is 0 Å². The van der Waals surface area contributed by atoms with Crippen LogP contribution in [0.25, 0.3) is 0 Å². The molecule has 1 rings (SSSR count). The van der Waals surface area contributed by atoms with E-state index in [-0.39, 0.29) is 6.04 Å². The smallest absolute Gasteiger partial charge is 0.161 e. The fourth-order valence-corrected chi connectivity index (χ4v) is 1.37. The van der Waals surface area contributed by atoms with Gasteiger partial charge in [-0.05, 0) is 39.0 Å². The Morgan fingerprint density at radius 2 is 1.73 bits per heavy atom. The van der Waals surface area contributed by atoms with Crippen molar-refractivity contribution in [2.75, 3.05) is 13.2 Å². The van der Waals surface area contributed by atoms with E-state index < -0.39 is 0 Å². The van der Waals surface area contributed by atoms with Gasteiger partial charge in [-0.1, -0.05) is 0 Å². The van der Waals surface area contributed by atoms with Crippen LogP contribution in [0.3, 0.4) is 0 Å². The van der Waals surface area contributed by atoms with Crippen molar-refractivity contribution >= 4 is 0 Å². The Morgan fingerprint density at radius 3 is 2.27 bits per heavy atom. The van der Waals surface area contributed by atoms with Crippen LogP contribution in [0.4, 0.5) is 0 Å². The van der Waals surface area contributed by atoms with Crippen molar-refractivity contribution < 1.29 is 15.2 Å². The van der Waals surface area contributed by atoms with E-state index in [9.17, 15) is 0 Å². The first-order chi connectivity index (χ1) is 7.19. The fraction of sp³-hybridized carbons (Fsp3) is 0.500. The molecule has 0 aliphatic heterocycles. The molecule has 0 radical (unpaired) electrons. The normalized spacial score (nSPS) is 12.3. The first kappa shape index (κ1) is 11.9. The van der Waals surface area contributed by atoms with Crippen LogP contribution in [0.2, 0.25) is 0 Å². The van der Waals surface area contributed by atoms with Crippen LogP contribution in [0, 0.1) is 0 Å². The van der Waals surface area contributed by atoms with Crippen LogP contribution >= 0.6 is 0 Å². The van der Waals surface area contributed by atoms with Crippen molar-refractivity contribution in [1.29, 1.82) is 0 Å². The van der Waals surface area contributed by atoms with E-state index in [2.05, 4.69) is 12.7 Å².